The number of carbonyl (C=O) groups excluding carboxylic acids is 3. The van der Waals surface area contributed by atoms with Crippen LogP contribution in [0.4, 0.5) is 9.59 Å². The molecule has 1 N–H and O–H groups in total. The average Bonchev–Trinajstić information content (AvgIpc) is 3.07. The minimum absolute atomic E-state index is 0.0676. The molecule has 0 aromatic heterocycles. The minimum Gasteiger partial charge on any atom is -0.446 e. The first-order chi connectivity index (χ1) is 14.6. The quantitative estimate of drug-likeness (QED) is 0.779. The number of imide groups is 1. The molecule has 1 aliphatic heterocycles. The highest BCUT2D eigenvalue weighted by Crippen LogP contribution is 2.28. The second-order valence-electron chi connectivity index (χ2n) is 8.60. The van der Waals surface area contributed by atoms with Gasteiger partial charge in [-0.1, -0.05) is 60.2 Å². The molecule has 7 heteroatoms. The molecule has 2 atom stereocenters. The molecule has 2 aromatic carbocycles. The van der Waals surface area contributed by atoms with Gasteiger partial charge in [0.1, 0.15) is 24.3 Å². The summed E-state index contributed by atoms with van der Waals surface area (Å²) < 4.78 is 10.5. The highest BCUT2D eigenvalue weighted by Gasteiger charge is 2.42. The molecular formula is C24H28N2O5. The van der Waals surface area contributed by atoms with E-state index in [-0.39, 0.29) is 13.0 Å². The van der Waals surface area contributed by atoms with Crippen molar-refractivity contribution in [2.24, 2.45) is 0 Å². The third-order valence-corrected chi connectivity index (χ3v) is 4.81. The van der Waals surface area contributed by atoms with Gasteiger partial charge in [0.2, 0.25) is 0 Å². The Morgan fingerprint density at radius 2 is 1.87 bits per heavy atom. The van der Waals surface area contributed by atoms with E-state index in [1.54, 1.807) is 20.8 Å². The Hall–Kier alpha value is -3.35. The van der Waals surface area contributed by atoms with Crippen LogP contribution < -0.4 is 5.32 Å². The predicted molar refractivity (Wildman–Crippen MR) is 115 cm³/mol. The molecule has 1 unspecified atom stereocenters. The lowest BCUT2D eigenvalue weighted by molar-refractivity contribution is -0.131. The number of rotatable bonds is 5. The second kappa shape index (κ2) is 9.20. The number of benzene rings is 2. The first kappa shape index (κ1) is 22.3. The largest absolute Gasteiger partial charge is 0.446 e. The Kier molecular flexibility index (Phi) is 6.63. The van der Waals surface area contributed by atoms with Crippen molar-refractivity contribution in [2.45, 2.75) is 51.8 Å². The lowest BCUT2D eigenvalue weighted by atomic mass is 10.0. The van der Waals surface area contributed by atoms with Gasteiger partial charge in [0.25, 0.3) is 5.91 Å². The zero-order valence-corrected chi connectivity index (χ0v) is 18.3. The van der Waals surface area contributed by atoms with Crippen molar-refractivity contribution in [1.82, 2.24) is 10.2 Å². The van der Waals surface area contributed by atoms with E-state index >= 15 is 0 Å². The number of nitrogens with zero attached hydrogens (tertiary/aromatic N) is 1. The van der Waals surface area contributed by atoms with E-state index in [2.05, 4.69) is 5.32 Å². The molecule has 0 saturated carbocycles. The molecule has 0 bridgehead atoms. The van der Waals surface area contributed by atoms with Crippen LogP contribution in [0.25, 0.3) is 0 Å². The van der Waals surface area contributed by atoms with Gasteiger partial charge in [-0.15, -0.1) is 0 Å². The first-order valence-corrected chi connectivity index (χ1v) is 10.2. The molecule has 2 aromatic rings. The van der Waals surface area contributed by atoms with Crippen LogP contribution in [0.2, 0.25) is 0 Å². The number of cyclic esters (lactones) is 1. The standard InChI is InChI=1S/C24H28N2O5/c1-16-9-8-10-17(13-16)14-19(25-22(28)31-24(2,3)4)21(27)26-20(15-30-23(26)29)18-11-6-5-7-12-18/h5-13,19-20H,14-15H2,1-4H3,(H,25,28)/t19-,20?/m0/s1. The second-order valence-corrected chi connectivity index (χ2v) is 8.60. The number of aryl methyl sites for hydroxylation is 1. The number of carbonyl (C=O) groups is 3. The maximum absolute atomic E-state index is 13.5. The molecule has 1 saturated heterocycles. The Bertz CT molecular complexity index is 952. The van der Waals surface area contributed by atoms with E-state index < -0.39 is 35.8 Å². The highest BCUT2D eigenvalue weighted by molar-refractivity contribution is 5.98. The van der Waals surface area contributed by atoms with Crippen LogP contribution >= 0.6 is 0 Å². The van der Waals surface area contributed by atoms with Gasteiger partial charge < -0.3 is 14.8 Å². The van der Waals surface area contributed by atoms with Crippen LogP contribution in [-0.2, 0) is 20.7 Å². The Labute approximate surface area is 182 Å². The van der Waals surface area contributed by atoms with Crippen LogP contribution in [0, 0.1) is 6.92 Å². The number of hydrogen-bond acceptors (Lipinski definition) is 5. The monoisotopic (exact) mass is 424 g/mol. The molecule has 3 amide bonds. The number of hydrogen-bond donors (Lipinski definition) is 1. The molecule has 1 aliphatic rings. The number of amides is 3. The van der Waals surface area contributed by atoms with Crippen molar-refractivity contribution >= 4 is 18.1 Å². The smallest absolute Gasteiger partial charge is 0.417 e. The Morgan fingerprint density at radius 3 is 2.52 bits per heavy atom. The molecule has 1 fully saturated rings. The van der Waals surface area contributed by atoms with E-state index in [9.17, 15) is 14.4 Å². The summed E-state index contributed by atoms with van der Waals surface area (Å²) >= 11 is 0. The van der Waals surface area contributed by atoms with Gasteiger partial charge in [-0.3, -0.25) is 4.79 Å². The molecule has 3 rings (SSSR count). The highest BCUT2D eigenvalue weighted by atomic mass is 16.6. The summed E-state index contributed by atoms with van der Waals surface area (Å²) in [4.78, 5) is 39.5. The van der Waals surface area contributed by atoms with E-state index in [4.69, 9.17) is 9.47 Å². The zero-order valence-electron chi connectivity index (χ0n) is 18.3. The summed E-state index contributed by atoms with van der Waals surface area (Å²) in [7, 11) is 0. The average molecular weight is 424 g/mol. The molecular weight excluding hydrogens is 396 g/mol. The molecule has 1 heterocycles. The van der Waals surface area contributed by atoms with E-state index in [1.165, 1.54) is 0 Å². The van der Waals surface area contributed by atoms with Crippen molar-refractivity contribution in [3.63, 3.8) is 0 Å². The SMILES string of the molecule is Cc1cccc(C[C@H](NC(=O)OC(C)(C)C)C(=O)N2C(=O)OCC2c2ccccc2)c1. The van der Waals surface area contributed by atoms with E-state index in [0.717, 1.165) is 21.6 Å². The van der Waals surface area contributed by atoms with Gasteiger partial charge in [0.15, 0.2) is 0 Å². The maximum atomic E-state index is 13.5. The van der Waals surface area contributed by atoms with Gasteiger partial charge in [0, 0.05) is 6.42 Å². The third-order valence-electron chi connectivity index (χ3n) is 4.81. The van der Waals surface area contributed by atoms with E-state index in [0.29, 0.717) is 0 Å². The molecule has 0 spiro atoms. The Balaban J connectivity index is 1.88. The summed E-state index contributed by atoms with van der Waals surface area (Å²) in [6.07, 6.45) is -1.23. The fraction of sp³-hybridized carbons (Fsp3) is 0.375. The van der Waals surface area contributed by atoms with Crippen LogP contribution in [0.3, 0.4) is 0 Å². The minimum atomic E-state index is -0.992. The maximum Gasteiger partial charge on any atom is 0.417 e. The summed E-state index contributed by atoms with van der Waals surface area (Å²) in [5, 5.41) is 2.65. The van der Waals surface area contributed by atoms with Gasteiger partial charge in [-0.2, -0.15) is 0 Å². The van der Waals surface area contributed by atoms with Crippen LogP contribution in [0.1, 0.15) is 43.5 Å². The lowest BCUT2D eigenvalue weighted by Gasteiger charge is -2.27. The summed E-state index contributed by atoms with van der Waals surface area (Å²) in [6.45, 7) is 7.25. The summed E-state index contributed by atoms with van der Waals surface area (Å²) in [6, 6.07) is 15.3. The van der Waals surface area contributed by atoms with Crippen molar-refractivity contribution in [3.05, 3.63) is 71.3 Å². The van der Waals surface area contributed by atoms with Crippen molar-refractivity contribution < 1.29 is 23.9 Å². The lowest BCUT2D eigenvalue weighted by Crippen LogP contribution is -2.51. The fourth-order valence-corrected chi connectivity index (χ4v) is 3.48. The summed E-state index contributed by atoms with van der Waals surface area (Å²) in [5.74, 6) is -0.538. The molecule has 164 valence electrons. The predicted octanol–water partition coefficient (Wildman–Crippen LogP) is 4.15. The van der Waals surface area contributed by atoms with Gasteiger partial charge in [0.05, 0.1) is 0 Å². The van der Waals surface area contributed by atoms with E-state index in [1.807, 2.05) is 61.5 Å². The van der Waals surface area contributed by atoms with Crippen molar-refractivity contribution in [2.75, 3.05) is 6.61 Å². The van der Waals surface area contributed by atoms with Crippen LogP contribution in [0.5, 0.6) is 0 Å². The zero-order chi connectivity index (χ0) is 22.6. The van der Waals surface area contributed by atoms with Gasteiger partial charge in [-0.25, -0.2) is 14.5 Å². The molecule has 7 nitrogen and oxygen atoms in total. The van der Waals surface area contributed by atoms with Gasteiger partial charge in [-0.05, 0) is 38.8 Å². The van der Waals surface area contributed by atoms with Crippen molar-refractivity contribution in [1.29, 1.82) is 0 Å². The number of ether oxygens (including phenoxy) is 2. The van der Waals surface area contributed by atoms with Gasteiger partial charge >= 0.3 is 12.2 Å². The first-order valence-electron chi connectivity index (χ1n) is 10.2. The topological polar surface area (TPSA) is 84.9 Å². The number of nitrogens with one attached hydrogen (secondary N) is 1. The van der Waals surface area contributed by atoms with Crippen molar-refractivity contribution in [3.8, 4) is 0 Å². The number of alkyl carbamates (subject to hydrolysis) is 1. The third kappa shape index (κ3) is 5.84. The molecule has 0 radical (unpaired) electrons. The Morgan fingerprint density at radius 1 is 1.16 bits per heavy atom. The molecule has 31 heavy (non-hydrogen) atoms. The summed E-state index contributed by atoms with van der Waals surface area (Å²) in [5.41, 5.74) is 1.95. The molecule has 0 aliphatic carbocycles. The fourth-order valence-electron chi connectivity index (χ4n) is 3.48. The van der Waals surface area contributed by atoms with Crippen LogP contribution in [-0.4, -0.2) is 41.2 Å². The van der Waals surface area contributed by atoms with Crippen LogP contribution in [0.15, 0.2) is 54.6 Å². The normalized spacial score (nSPS) is 17.1.